The number of fused-ring (bicyclic) bond motifs is 2. The highest BCUT2D eigenvalue weighted by atomic mass is 32.2. The van der Waals surface area contributed by atoms with Crippen LogP contribution in [0.5, 0.6) is 0 Å². The summed E-state index contributed by atoms with van der Waals surface area (Å²) in [5, 5.41) is 2.68. The SMILES string of the molecule is CCN(CC)CCc1c[nH]c2ccc(NS(=O)(=O)c3cccc4ccccc34)cc12. The van der Waals surface area contributed by atoms with E-state index in [-0.39, 0.29) is 4.90 Å². The van der Waals surface area contributed by atoms with Crippen LogP contribution in [0.25, 0.3) is 21.7 Å². The van der Waals surface area contributed by atoms with Crippen LogP contribution in [0.15, 0.2) is 71.8 Å². The van der Waals surface area contributed by atoms with E-state index >= 15 is 0 Å². The van der Waals surface area contributed by atoms with Gasteiger partial charge in [-0.15, -0.1) is 0 Å². The Kier molecular flexibility index (Phi) is 5.79. The van der Waals surface area contributed by atoms with Crippen molar-refractivity contribution in [2.45, 2.75) is 25.2 Å². The van der Waals surface area contributed by atoms with Gasteiger partial charge >= 0.3 is 0 Å². The molecule has 2 N–H and O–H groups in total. The summed E-state index contributed by atoms with van der Waals surface area (Å²) in [6.07, 6.45) is 2.94. The van der Waals surface area contributed by atoms with E-state index in [4.69, 9.17) is 0 Å². The molecule has 3 aromatic carbocycles. The van der Waals surface area contributed by atoms with Crippen molar-refractivity contribution in [2.75, 3.05) is 24.4 Å². The van der Waals surface area contributed by atoms with E-state index in [9.17, 15) is 8.42 Å². The first-order valence-electron chi connectivity index (χ1n) is 10.3. The number of nitrogens with zero attached hydrogens (tertiary/aromatic N) is 1. The van der Waals surface area contributed by atoms with Gasteiger partial charge in [0.25, 0.3) is 10.0 Å². The number of likely N-dealkylation sites (N-methyl/N-ethyl adjacent to an activating group) is 1. The van der Waals surface area contributed by atoms with Crippen molar-refractivity contribution in [3.05, 3.63) is 72.4 Å². The van der Waals surface area contributed by atoms with Crippen molar-refractivity contribution in [3.63, 3.8) is 0 Å². The second kappa shape index (κ2) is 8.50. The standard InChI is InChI=1S/C24H27N3O2S/c1-3-27(4-2)15-14-19-17-25-23-13-12-20(16-22(19)23)26-30(28,29)24-11-7-9-18-8-5-6-10-21(18)24/h5-13,16-17,25-26H,3-4,14-15H2,1-2H3. The number of benzene rings is 3. The molecule has 0 aliphatic rings. The van der Waals surface area contributed by atoms with Crippen LogP contribution in [-0.2, 0) is 16.4 Å². The molecule has 156 valence electrons. The maximum atomic E-state index is 13.1. The van der Waals surface area contributed by atoms with E-state index in [1.165, 1.54) is 5.56 Å². The molecular formula is C24H27N3O2S. The maximum Gasteiger partial charge on any atom is 0.262 e. The summed E-state index contributed by atoms with van der Waals surface area (Å²) >= 11 is 0. The topological polar surface area (TPSA) is 65.2 Å². The predicted octanol–water partition coefficient (Wildman–Crippen LogP) is 5.01. The van der Waals surface area contributed by atoms with Gasteiger partial charge in [-0.25, -0.2) is 8.42 Å². The Morgan fingerprint density at radius 1 is 0.933 bits per heavy atom. The van der Waals surface area contributed by atoms with Crippen LogP contribution in [0.4, 0.5) is 5.69 Å². The normalized spacial score (nSPS) is 12.1. The van der Waals surface area contributed by atoms with Gasteiger partial charge in [-0.1, -0.05) is 50.2 Å². The average molecular weight is 422 g/mol. The number of nitrogens with one attached hydrogen (secondary N) is 2. The van der Waals surface area contributed by atoms with Crippen molar-refractivity contribution in [1.82, 2.24) is 9.88 Å². The van der Waals surface area contributed by atoms with Gasteiger partial charge in [0.15, 0.2) is 0 Å². The van der Waals surface area contributed by atoms with Crippen molar-refractivity contribution in [1.29, 1.82) is 0 Å². The summed E-state index contributed by atoms with van der Waals surface area (Å²) in [7, 11) is -3.71. The minimum atomic E-state index is -3.71. The third kappa shape index (κ3) is 4.06. The number of aromatic nitrogens is 1. The lowest BCUT2D eigenvalue weighted by Crippen LogP contribution is -2.25. The van der Waals surface area contributed by atoms with Gasteiger partial charge in [-0.05, 0) is 54.7 Å². The minimum absolute atomic E-state index is 0.288. The summed E-state index contributed by atoms with van der Waals surface area (Å²) in [5.41, 5.74) is 2.78. The Morgan fingerprint density at radius 2 is 1.70 bits per heavy atom. The van der Waals surface area contributed by atoms with Crippen LogP contribution >= 0.6 is 0 Å². The molecule has 1 aromatic heterocycles. The first kappa shape index (κ1) is 20.4. The summed E-state index contributed by atoms with van der Waals surface area (Å²) in [4.78, 5) is 5.97. The molecule has 4 aromatic rings. The molecule has 0 saturated carbocycles. The number of rotatable bonds is 8. The molecule has 0 aliphatic heterocycles. The molecule has 0 saturated heterocycles. The van der Waals surface area contributed by atoms with Crippen molar-refractivity contribution < 1.29 is 8.42 Å². The van der Waals surface area contributed by atoms with Gasteiger partial charge in [0, 0.05) is 34.7 Å². The second-order valence-corrected chi connectivity index (χ2v) is 9.08. The molecular weight excluding hydrogens is 394 g/mol. The number of aromatic amines is 1. The van der Waals surface area contributed by atoms with Crippen molar-refractivity contribution in [2.24, 2.45) is 0 Å². The lowest BCUT2D eigenvalue weighted by atomic mass is 10.1. The van der Waals surface area contributed by atoms with Crippen LogP contribution in [-0.4, -0.2) is 37.9 Å². The van der Waals surface area contributed by atoms with Crippen LogP contribution in [0.2, 0.25) is 0 Å². The Hall–Kier alpha value is -2.83. The fourth-order valence-corrected chi connectivity index (χ4v) is 5.19. The van der Waals surface area contributed by atoms with E-state index in [0.29, 0.717) is 5.69 Å². The van der Waals surface area contributed by atoms with E-state index in [2.05, 4.69) is 28.5 Å². The lowest BCUT2D eigenvalue weighted by molar-refractivity contribution is 0.308. The van der Waals surface area contributed by atoms with Crippen LogP contribution in [0.1, 0.15) is 19.4 Å². The minimum Gasteiger partial charge on any atom is -0.361 e. The first-order chi connectivity index (χ1) is 14.5. The lowest BCUT2D eigenvalue weighted by Gasteiger charge is -2.17. The Bertz CT molecular complexity index is 1270. The first-order valence-corrected chi connectivity index (χ1v) is 11.8. The molecule has 0 fully saturated rings. The van der Waals surface area contributed by atoms with Gasteiger partial charge in [-0.3, -0.25) is 4.72 Å². The molecule has 0 unspecified atom stereocenters. The van der Waals surface area contributed by atoms with Crippen LogP contribution in [0.3, 0.4) is 0 Å². The zero-order valence-corrected chi connectivity index (χ0v) is 18.2. The largest absolute Gasteiger partial charge is 0.361 e. The maximum absolute atomic E-state index is 13.1. The van der Waals surface area contributed by atoms with Crippen molar-refractivity contribution >= 4 is 37.4 Å². The quantitative estimate of drug-likeness (QED) is 0.420. The van der Waals surface area contributed by atoms with Gasteiger partial charge < -0.3 is 9.88 Å². The zero-order valence-electron chi connectivity index (χ0n) is 17.4. The molecule has 1 heterocycles. The molecule has 30 heavy (non-hydrogen) atoms. The van der Waals surface area contributed by atoms with Gasteiger partial charge in [-0.2, -0.15) is 0 Å². The van der Waals surface area contributed by atoms with E-state index in [1.807, 2.05) is 48.7 Å². The molecule has 0 atom stereocenters. The number of H-pyrrole nitrogens is 1. The van der Waals surface area contributed by atoms with Crippen LogP contribution in [0, 0.1) is 0 Å². The van der Waals surface area contributed by atoms with E-state index in [0.717, 1.165) is 47.7 Å². The average Bonchev–Trinajstić information content (AvgIpc) is 3.16. The van der Waals surface area contributed by atoms with Gasteiger partial charge in [0.05, 0.1) is 4.90 Å². The highest BCUT2D eigenvalue weighted by molar-refractivity contribution is 7.93. The van der Waals surface area contributed by atoms with E-state index in [1.54, 1.807) is 18.2 Å². The smallest absolute Gasteiger partial charge is 0.262 e. The summed E-state index contributed by atoms with van der Waals surface area (Å²) in [6.45, 7) is 7.35. The third-order valence-corrected chi connectivity index (χ3v) is 7.09. The summed E-state index contributed by atoms with van der Waals surface area (Å²) < 4.78 is 29.1. The number of hydrogen-bond acceptors (Lipinski definition) is 3. The molecule has 4 rings (SSSR count). The molecule has 0 bridgehead atoms. The van der Waals surface area contributed by atoms with Crippen molar-refractivity contribution in [3.8, 4) is 0 Å². The van der Waals surface area contributed by atoms with Gasteiger partial charge in [0.2, 0.25) is 0 Å². The number of hydrogen-bond donors (Lipinski definition) is 2. The summed E-state index contributed by atoms with van der Waals surface area (Å²) in [5.74, 6) is 0. The molecule has 5 nitrogen and oxygen atoms in total. The monoisotopic (exact) mass is 421 g/mol. The second-order valence-electron chi connectivity index (χ2n) is 7.43. The third-order valence-electron chi connectivity index (χ3n) is 5.65. The molecule has 0 amide bonds. The number of sulfonamides is 1. The molecule has 0 radical (unpaired) electrons. The Morgan fingerprint density at radius 3 is 2.50 bits per heavy atom. The highest BCUT2D eigenvalue weighted by Gasteiger charge is 2.18. The van der Waals surface area contributed by atoms with E-state index < -0.39 is 10.0 Å². The highest BCUT2D eigenvalue weighted by Crippen LogP contribution is 2.27. The Balaban J connectivity index is 1.64. The fourth-order valence-electron chi connectivity index (χ4n) is 3.91. The zero-order chi connectivity index (χ0) is 21.1. The molecule has 0 spiro atoms. The van der Waals surface area contributed by atoms with Crippen LogP contribution < -0.4 is 4.72 Å². The molecule has 0 aliphatic carbocycles. The number of anilines is 1. The predicted molar refractivity (Wildman–Crippen MR) is 125 cm³/mol. The molecule has 6 heteroatoms. The Labute approximate surface area is 177 Å². The summed E-state index contributed by atoms with van der Waals surface area (Å²) in [6, 6.07) is 18.5. The fraction of sp³-hybridized carbons (Fsp3) is 0.250. The van der Waals surface area contributed by atoms with Gasteiger partial charge in [0.1, 0.15) is 0 Å².